The molecule has 1 aromatic carbocycles. The van der Waals surface area contributed by atoms with Crippen molar-refractivity contribution < 1.29 is 4.79 Å². The van der Waals surface area contributed by atoms with Crippen molar-refractivity contribution in [1.29, 1.82) is 0 Å². The van der Waals surface area contributed by atoms with E-state index in [2.05, 4.69) is 22.1 Å². The van der Waals surface area contributed by atoms with Crippen molar-refractivity contribution in [3.8, 4) is 0 Å². The fourth-order valence-electron chi connectivity index (χ4n) is 1.77. The van der Waals surface area contributed by atoms with Crippen molar-refractivity contribution in [2.75, 3.05) is 19.0 Å². The summed E-state index contributed by atoms with van der Waals surface area (Å²) in [5.74, 6) is -0.0378. The van der Waals surface area contributed by atoms with Crippen molar-refractivity contribution in [3.63, 3.8) is 0 Å². The highest BCUT2D eigenvalue weighted by Gasteiger charge is 2.28. The van der Waals surface area contributed by atoms with Crippen LogP contribution in [0.25, 0.3) is 0 Å². The Balaban J connectivity index is 1.97. The molecule has 1 atom stereocenters. The Morgan fingerprint density at radius 1 is 1.38 bits per heavy atom. The number of anilines is 1. The lowest BCUT2D eigenvalue weighted by molar-refractivity contribution is -0.118. The number of carbonyl (C=O) groups is 1. The summed E-state index contributed by atoms with van der Waals surface area (Å²) in [4.78, 5) is 13.6. The number of hydrogen-bond acceptors (Lipinski definition) is 5. The van der Waals surface area contributed by atoms with Crippen LogP contribution >= 0.6 is 11.8 Å². The Morgan fingerprint density at radius 3 is 2.71 bits per heavy atom. The van der Waals surface area contributed by atoms with Crippen LogP contribution < -0.4 is 10.2 Å². The van der Waals surface area contributed by atoms with Crippen LogP contribution in [0.4, 0.5) is 5.69 Å². The van der Waals surface area contributed by atoms with E-state index in [1.807, 2.05) is 43.3 Å². The number of rotatable bonds is 5. The van der Waals surface area contributed by atoms with Gasteiger partial charge in [0.15, 0.2) is 5.17 Å². The quantitative estimate of drug-likeness (QED) is 0.515. The summed E-state index contributed by atoms with van der Waals surface area (Å²) in [7, 11) is 3.99. The second-order valence-corrected chi connectivity index (χ2v) is 5.95. The second kappa shape index (κ2) is 7.08. The van der Waals surface area contributed by atoms with E-state index in [4.69, 9.17) is 0 Å². The molecule has 1 amide bonds. The number of allylic oxidation sites excluding steroid dienone is 1. The molecule has 1 saturated heterocycles. The van der Waals surface area contributed by atoms with Gasteiger partial charge < -0.3 is 10.2 Å². The molecule has 1 N–H and O–H groups in total. The van der Waals surface area contributed by atoms with Gasteiger partial charge in [0.25, 0.3) is 0 Å². The summed E-state index contributed by atoms with van der Waals surface area (Å²) in [5.41, 5.74) is 2.09. The van der Waals surface area contributed by atoms with Gasteiger partial charge in [0.05, 0.1) is 11.5 Å². The zero-order chi connectivity index (χ0) is 15.2. The van der Waals surface area contributed by atoms with Crippen molar-refractivity contribution in [2.45, 2.75) is 11.7 Å². The summed E-state index contributed by atoms with van der Waals surface area (Å²) < 4.78 is 0. The zero-order valence-electron chi connectivity index (χ0n) is 12.1. The van der Waals surface area contributed by atoms with Crippen LogP contribution in [0.2, 0.25) is 0 Å². The first-order valence-corrected chi connectivity index (χ1v) is 7.45. The molecule has 0 spiro atoms. The second-order valence-electron chi connectivity index (χ2n) is 4.76. The van der Waals surface area contributed by atoms with Crippen molar-refractivity contribution in [3.05, 3.63) is 42.5 Å². The molecule has 1 fully saturated rings. The molecule has 110 valence electrons. The fourth-order valence-corrected chi connectivity index (χ4v) is 2.69. The summed E-state index contributed by atoms with van der Waals surface area (Å²) in [6.45, 7) is 3.64. The predicted molar refractivity (Wildman–Crippen MR) is 90.1 cm³/mol. The van der Waals surface area contributed by atoms with Gasteiger partial charge >= 0.3 is 0 Å². The molecule has 1 aliphatic heterocycles. The van der Waals surface area contributed by atoms with Crippen LogP contribution in [-0.2, 0) is 4.79 Å². The summed E-state index contributed by atoms with van der Waals surface area (Å²) >= 11 is 1.38. The Morgan fingerprint density at radius 2 is 2.10 bits per heavy atom. The first kappa shape index (κ1) is 15.3. The monoisotopic (exact) mass is 302 g/mol. The van der Waals surface area contributed by atoms with E-state index in [9.17, 15) is 4.79 Å². The van der Waals surface area contributed by atoms with Crippen LogP contribution in [0.3, 0.4) is 0 Å². The summed E-state index contributed by atoms with van der Waals surface area (Å²) in [6, 6.07) is 7.97. The molecule has 1 unspecified atom stereocenters. The number of carbonyl (C=O) groups excluding carboxylic acids is 1. The van der Waals surface area contributed by atoms with Crippen LogP contribution in [0.5, 0.6) is 0 Å². The number of nitrogens with zero attached hydrogens (tertiary/aromatic N) is 3. The van der Waals surface area contributed by atoms with Gasteiger partial charge in [0.2, 0.25) is 5.91 Å². The highest BCUT2D eigenvalue weighted by molar-refractivity contribution is 8.15. The van der Waals surface area contributed by atoms with Crippen LogP contribution in [0.15, 0.2) is 47.1 Å². The third kappa shape index (κ3) is 4.19. The predicted octanol–water partition coefficient (Wildman–Crippen LogP) is 2.25. The average molecular weight is 302 g/mol. The van der Waals surface area contributed by atoms with Gasteiger partial charge in [-0.1, -0.05) is 30.0 Å². The maximum absolute atomic E-state index is 11.6. The lowest BCUT2D eigenvalue weighted by Gasteiger charge is -2.11. The van der Waals surface area contributed by atoms with Gasteiger partial charge in [-0.25, -0.2) is 0 Å². The first-order chi connectivity index (χ1) is 10.1. The van der Waals surface area contributed by atoms with E-state index in [0.717, 1.165) is 11.3 Å². The lowest BCUT2D eigenvalue weighted by Crippen LogP contribution is -2.24. The molecule has 21 heavy (non-hydrogen) atoms. The third-order valence-corrected chi connectivity index (χ3v) is 4.02. The molecule has 1 aromatic rings. The van der Waals surface area contributed by atoms with E-state index < -0.39 is 0 Å². The highest BCUT2D eigenvalue weighted by Crippen LogP contribution is 2.22. The topological polar surface area (TPSA) is 57.1 Å². The van der Waals surface area contributed by atoms with Crippen LogP contribution in [0, 0.1) is 0 Å². The van der Waals surface area contributed by atoms with E-state index in [1.54, 1.807) is 12.3 Å². The van der Waals surface area contributed by atoms with Gasteiger partial charge in [0.1, 0.15) is 0 Å². The molecule has 6 heteroatoms. The normalized spacial score (nSPS) is 20.0. The maximum Gasteiger partial charge on any atom is 0.239 e. The van der Waals surface area contributed by atoms with Crippen molar-refractivity contribution in [2.24, 2.45) is 10.2 Å². The van der Waals surface area contributed by atoms with E-state index >= 15 is 0 Å². The molecule has 0 aliphatic carbocycles. The van der Waals surface area contributed by atoms with Gasteiger partial charge in [-0.15, -0.1) is 11.7 Å². The molecule has 0 radical (unpaired) electrons. The molecule has 5 nitrogen and oxygen atoms in total. The molecule has 0 saturated carbocycles. The number of hydrogen-bond donors (Lipinski definition) is 1. The standard InChI is InChI=1S/C15H18N4OS/c1-4-5-13-14(20)17-15(21-13)18-16-10-11-6-8-12(9-7-11)19(2)3/h4,6-10,13H,1,5H2,2-3H3,(H,17,18,20). The van der Waals surface area contributed by atoms with E-state index in [-0.39, 0.29) is 11.2 Å². The largest absolute Gasteiger partial charge is 0.378 e. The number of thioether (sulfide) groups is 1. The fraction of sp³-hybridized carbons (Fsp3) is 0.267. The van der Waals surface area contributed by atoms with Crippen LogP contribution in [-0.4, -0.2) is 36.6 Å². The highest BCUT2D eigenvalue weighted by atomic mass is 32.2. The SMILES string of the molecule is C=CCC1SC(=NN=Cc2ccc(N(C)C)cc2)NC1=O. The number of benzene rings is 1. The summed E-state index contributed by atoms with van der Waals surface area (Å²) in [6.07, 6.45) is 4.03. The summed E-state index contributed by atoms with van der Waals surface area (Å²) in [5, 5.41) is 11.1. The minimum Gasteiger partial charge on any atom is -0.378 e. The first-order valence-electron chi connectivity index (χ1n) is 6.57. The molecular weight excluding hydrogens is 284 g/mol. The lowest BCUT2D eigenvalue weighted by atomic mass is 10.2. The Hall–Kier alpha value is -2.08. The van der Waals surface area contributed by atoms with Gasteiger partial charge in [-0.05, 0) is 24.1 Å². The number of amides is 1. The minimum atomic E-state index is -0.143. The molecular formula is C15H18N4OS. The number of nitrogens with one attached hydrogen (secondary N) is 1. The molecule has 1 aliphatic rings. The number of amidine groups is 1. The Bertz CT molecular complexity index is 578. The van der Waals surface area contributed by atoms with Gasteiger partial charge in [0, 0.05) is 19.8 Å². The Labute approximate surface area is 128 Å². The van der Waals surface area contributed by atoms with E-state index in [1.165, 1.54) is 11.8 Å². The van der Waals surface area contributed by atoms with Crippen molar-refractivity contribution >= 4 is 34.7 Å². The van der Waals surface area contributed by atoms with Crippen LogP contribution in [0.1, 0.15) is 12.0 Å². The molecule has 0 bridgehead atoms. The average Bonchev–Trinajstić information content (AvgIpc) is 2.80. The van der Waals surface area contributed by atoms with E-state index in [0.29, 0.717) is 11.6 Å². The molecule has 0 aromatic heterocycles. The van der Waals surface area contributed by atoms with Crippen molar-refractivity contribution in [1.82, 2.24) is 5.32 Å². The minimum absolute atomic E-state index is 0.0378. The molecule has 2 rings (SSSR count). The third-order valence-electron chi connectivity index (χ3n) is 2.92. The molecule has 1 heterocycles. The smallest absolute Gasteiger partial charge is 0.239 e. The van der Waals surface area contributed by atoms with Gasteiger partial charge in [-0.2, -0.15) is 5.10 Å². The van der Waals surface area contributed by atoms with Gasteiger partial charge in [-0.3, -0.25) is 4.79 Å². The zero-order valence-corrected chi connectivity index (χ0v) is 12.9. The maximum atomic E-state index is 11.6. The Kier molecular flexibility index (Phi) is 5.16.